The molecule has 4 aromatic carbocycles. The Morgan fingerprint density at radius 1 is 0.636 bits per heavy atom. The van der Waals surface area contributed by atoms with Gasteiger partial charge in [-0.3, -0.25) is 15.4 Å². The van der Waals surface area contributed by atoms with Crippen LogP contribution in [0.15, 0.2) is 138 Å². The third-order valence-electron chi connectivity index (χ3n) is 12.7. The van der Waals surface area contributed by atoms with E-state index in [9.17, 15) is 22.8 Å². The minimum absolute atomic E-state index is 0. The summed E-state index contributed by atoms with van der Waals surface area (Å²) in [6.07, 6.45) is 3.99. The van der Waals surface area contributed by atoms with E-state index >= 15 is 0 Å². The Morgan fingerprint density at radius 3 is 1.23 bits per heavy atom. The SMILES string of the molecule is C1CC[N-]CC1.C=C[Si](C)(C)Cl.C=C[Si](C)(C)c1ccc(N)cc1.C=C[Si](C)(C)c1ccc(NC(=O)OC(C)(C)C)cc1.CC(C)(C)OC(=O)Nc1ccc(Br)cc1.C[Si](C)(CCN1CCCCC1)c1ccc(N)cc1.O=CC(F)(F)F.[CH2-]CCC.[Li+].[Li+]. The number of likely N-dealkylation sites (tertiary alicyclic amines) is 1. The Balaban J connectivity index is -0.000000479. The molecule has 0 aromatic heterocycles. The molecule has 0 atom stereocenters. The van der Waals surface area contributed by atoms with Crippen molar-refractivity contribution in [3.63, 3.8) is 0 Å². The molecule has 11 nitrogen and oxygen atoms in total. The van der Waals surface area contributed by atoms with Crippen LogP contribution < -0.4 is 75.4 Å². The second-order valence-electron chi connectivity index (χ2n) is 25.0. The zero-order valence-electron chi connectivity index (χ0n) is 56.8. The van der Waals surface area contributed by atoms with Crippen molar-refractivity contribution in [2.75, 3.05) is 54.8 Å². The average molecular weight is 1360 g/mol. The molecular weight excluding hydrogens is 1260 g/mol. The number of anilines is 4. The normalized spacial score (nSPS) is 13.1. The van der Waals surface area contributed by atoms with E-state index in [2.05, 4.69) is 140 Å². The molecule has 2 aliphatic heterocycles. The van der Waals surface area contributed by atoms with E-state index in [1.54, 1.807) is 12.1 Å². The van der Waals surface area contributed by atoms with Crippen molar-refractivity contribution in [1.29, 1.82) is 0 Å². The van der Waals surface area contributed by atoms with Gasteiger partial charge in [0.05, 0.1) is 8.07 Å². The van der Waals surface area contributed by atoms with Gasteiger partial charge in [-0.2, -0.15) is 30.7 Å². The van der Waals surface area contributed by atoms with Crippen LogP contribution in [0.25, 0.3) is 5.32 Å². The second kappa shape index (κ2) is 46.5. The van der Waals surface area contributed by atoms with Crippen LogP contribution in [0.3, 0.4) is 0 Å². The number of nitrogen functional groups attached to an aromatic ring is 2. The van der Waals surface area contributed by atoms with E-state index in [0.29, 0.717) is 5.69 Å². The van der Waals surface area contributed by atoms with E-state index < -0.39 is 67.5 Å². The molecule has 0 spiro atoms. The molecule has 0 saturated carbocycles. The number of aldehydes is 1. The number of benzene rings is 4. The first-order chi connectivity index (χ1) is 39.7. The molecule has 2 heterocycles. The van der Waals surface area contributed by atoms with Crippen molar-refractivity contribution < 1.29 is 74.7 Å². The van der Waals surface area contributed by atoms with Crippen LogP contribution in [0.2, 0.25) is 58.4 Å². The molecule has 2 saturated heterocycles. The summed E-state index contributed by atoms with van der Waals surface area (Å²) < 4.78 is 42.5. The number of carbonyl (C=O) groups excluding carboxylic acids is 3. The molecule has 4 aromatic rings. The molecule has 6 rings (SSSR count). The quantitative estimate of drug-likeness (QED) is 0.0358. The first kappa shape index (κ1) is 90.9. The van der Waals surface area contributed by atoms with Gasteiger partial charge in [0.15, 0.2) is 7.38 Å². The molecule has 484 valence electrons. The van der Waals surface area contributed by atoms with E-state index in [0.717, 1.165) is 41.0 Å². The smallest absolute Gasteiger partial charge is 0.662 e. The minimum Gasteiger partial charge on any atom is -0.662 e. The molecule has 2 aliphatic rings. The third-order valence-corrected chi connectivity index (χ3v) is 23.8. The molecule has 0 bridgehead atoms. The molecular formula is C66H107BrClF3Li2N6O5Si4. The summed E-state index contributed by atoms with van der Waals surface area (Å²) in [6, 6.07) is 33.2. The summed E-state index contributed by atoms with van der Waals surface area (Å²) >= 11 is 9.05. The minimum atomic E-state index is -4.64. The van der Waals surface area contributed by atoms with Crippen LogP contribution in [0, 0.1) is 6.92 Å². The summed E-state index contributed by atoms with van der Waals surface area (Å²) in [5.41, 5.74) is 19.5. The summed E-state index contributed by atoms with van der Waals surface area (Å²) in [6.45, 7) is 52.2. The molecule has 6 N–H and O–H groups in total. The number of alkyl halides is 3. The van der Waals surface area contributed by atoms with Crippen molar-refractivity contribution >= 4 is 115 Å². The fraction of sp³-hybridized carbons (Fsp3) is 0.485. The summed E-state index contributed by atoms with van der Waals surface area (Å²) in [4.78, 5) is 34.3. The number of unbranched alkanes of at least 4 members (excludes halogenated alkanes) is 1. The monoisotopic (exact) mass is 1360 g/mol. The van der Waals surface area contributed by atoms with E-state index in [4.69, 9.17) is 36.8 Å². The number of piperidine rings is 2. The third kappa shape index (κ3) is 49.2. The van der Waals surface area contributed by atoms with Crippen LogP contribution in [-0.2, 0) is 14.3 Å². The maximum absolute atomic E-state index is 11.6. The number of ether oxygens (including phenoxy) is 2. The van der Waals surface area contributed by atoms with Gasteiger partial charge < -0.3 is 38.1 Å². The van der Waals surface area contributed by atoms with Gasteiger partial charge in [0, 0.05) is 27.2 Å². The van der Waals surface area contributed by atoms with Gasteiger partial charge in [-0.05, 0) is 141 Å². The predicted molar refractivity (Wildman–Crippen MR) is 382 cm³/mol. The number of nitrogens with zero attached hydrogens (tertiary/aromatic N) is 2. The molecule has 0 unspecified atom stereocenters. The van der Waals surface area contributed by atoms with Crippen molar-refractivity contribution in [2.45, 2.75) is 176 Å². The summed E-state index contributed by atoms with van der Waals surface area (Å²) in [5.74, 6) is 0. The van der Waals surface area contributed by atoms with Gasteiger partial charge in [0.25, 0.3) is 0 Å². The van der Waals surface area contributed by atoms with Gasteiger partial charge in [0.2, 0.25) is 6.29 Å². The van der Waals surface area contributed by atoms with E-state index in [-0.39, 0.29) is 37.7 Å². The zero-order chi connectivity index (χ0) is 66.4. The first-order valence-corrected chi connectivity index (χ1v) is 43.8. The molecule has 2 fully saturated rings. The number of hydrogen-bond donors (Lipinski definition) is 4. The molecule has 88 heavy (non-hydrogen) atoms. The number of halogens is 5. The van der Waals surface area contributed by atoms with E-state index in [1.807, 2.05) is 127 Å². The Hall–Kier alpha value is -3.55. The number of hydrogen-bond acceptors (Lipinski definition) is 8. The number of nitrogens with two attached hydrogens (primary N) is 2. The van der Waals surface area contributed by atoms with Crippen molar-refractivity contribution in [2.24, 2.45) is 0 Å². The van der Waals surface area contributed by atoms with Crippen LogP contribution in [-0.4, -0.2) is 105 Å². The van der Waals surface area contributed by atoms with Crippen LogP contribution in [0.1, 0.15) is 99.8 Å². The van der Waals surface area contributed by atoms with Crippen LogP contribution >= 0.6 is 27.0 Å². The van der Waals surface area contributed by atoms with E-state index in [1.165, 1.54) is 86.2 Å². The maximum atomic E-state index is 11.6. The first-order valence-electron chi connectivity index (χ1n) is 29.5. The number of rotatable bonds is 12. The van der Waals surface area contributed by atoms with Gasteiger partial charge >= 0.3 is 56.1 Å². The largest absolute Gasteiger partial charge is 1.00 e. The van der Waals surface area contributed by atoms with Crippen molar-refractivity contribution in [3.8, 4) is 0 Å². The summed E-state index contributed by atoms with van der Waals surface area (Å²) in [5, 5.41) is 13.8. The Kier molecular flexibility index (Phi) is 48.0. The predicted octanol–water partition coefficient (Wildman–Crippen LogP) is 12.1. The Morgan fingerprint density at radius 2 is 0.955 bits per heavy atom. The standard InChI is InChI=1S/C15H26N2Si.C15H23NO2Si.C11H14BrNO2.C10H15NSi.C5H10N.C4H9ClSi.C4H9.C2HF3O.2Li/c1-18(2,15-8-6-14(16)7-9-15)13-12-17-10-4-3-5-11-17;1-7-19(5,6)13-10-8-12(9-11-13)16-14(17)18-15(2,3)4;1-11(2,3)15-10(14)13-9-6-4-8(12)5-7-9;1-4-12(2,3)10-7-5-9(11)6-8-10;1-2-4-6-5-3-1;1-4-6(2,3)5;1-3-4-2;3-2(4,5)1-6;;/h6-9H,3-5,10-13,16H2,1-2H3;7-11H,1H2,2-6H3,(H,16,17);4-7H,1-3H3,(H,13,14);4-8H,1,11H2,2-3H3;1-5H2;4H,1H2,2-3H3;1,3-4H2,2H3;1H;;/q;;;;-1;;-1;;2*+1. The van der Waals surface area contributed by atoms with Gasteiger partial charge in [-0.15, -0.1) is 32.8 Å². The molecule has 0 aliphatic carbocycles. The maximum Gasteiger partial charge on any atom is 1.00 e. The van der Waals surface area contributed by atoms with Gasteiger partial charge in [0.1, 0.15) is 27.3 Å². The van der Waals surface area contributed by atoms with Crippen molar-refractivity contribution in [1.82, 2.24) is 4.90 Å². The fourth-order valence-corrected chi connectivity index (χ4v) is 12.0. The zero-order valence-corrected chi connectivity index (χ0v) is 63.1. The molecule has 2 amide bonds. The molecule has 22 heteroatoms. The van der Waals surface area contributed by atoms with Crippen LogP contribution in [0.4, 0.5) is 45.5 Å². The molecule has 0 radical (unpaired) electrons. The number of amides is 2. The van der Waals surface area contributed by atoms with Crippen LogP contribution in [0.5, 0.6) is 0 Å². The Bertz CT molecular complexity index is 2490. The Labute approximate surface area is 571 Å². The van der Waals surface area contributed by atoms with Crippen molar-refractivity contribution in [3.05, 3.63) is 151 Å². The second-order valence-corrected chi connectivity index (χ2v) is 46.1. The fourth-order valence-electron chi connectivity index (χ4n) is 6.94. The summed E-state index contributed by atoms with van der Waals surface area (Å²) in [7, 11) is -5.58. The number of carbonyl (C=O) groups is 3. The topological polar surface area (TPSA) is 163 Å². The average Bonchev–Trinajstić information content (AvgIpc) is 3.45. The number of nitrogens with one attached hydrogen (secondary N) is 2. The van der Waals surface area contributed by atoms with Gasteiger partial charge in [-0.1, -0.05) is 176 Å². The van der Waals surface area contributed by atoms with Gasteiger partial charge in [-0.25, -0.2) is 9.59 Å².